The maximum Gasteiger partial charge on any atom is 0.191 e. The molecule has 1 aromatic rings. The molecule has 24 heavy (non-hydrogen) atoms. The number of aliphatic imine (C=N–C) groups is 1. The molecule has 0 saturated heterocycles. The molecule has 2 aliphatic rings. The van der Waals surface area contributed by atoms with E-state index in [-0.39, 0.29) is 0 Å². The van der Waals surface area contributed by atoms with Crippen molar-refractivity contribution in [2.24, 2.45) is 4.99 Å². The Bertz CT molecular complexity index is 586. The minimum absolute atomic E-state index is 0.525. The highest BCUT2D eigenvalue weighted by atomic mass is 35.5. The molecule has 0 atom stereocenters. The Morgan fingerprint density at radius 2 is 1.96 bits per heavy atom. The van der Waals surface area contributed by atoms with E-state index < -0.39 is 0 Å². The Hall–Kier alpha value is -1.62. The maximum absolute atomic E-state index is 6.35. The fraction of sp³-hybridized carbons (Fsp3) is 0.611. The molecule has 0 amide bonds. The van der Waals surface area contributed by atoms with Gasteiger partial charge in [0, 0.05) is 26.1 Å². The highest BCUT2D eigenvalue weighted by molar-refractivity contribution is 6.32. The van der Waals surface area contributed by atoms with Crippen LogP contribution in [0.1, 0.15) is 44.1 Å². The van der Waals surface area contributed by atoms with Crippen molar-refractivity contribution in [3.05, 3.63) is 22.7 Å². The fourth-order valence-electron chi connectivity index (χ4n) is 3.21. The van der Waals surface area contributed by atoms with Gasteiger partial charge in [-0.15, -0.1) is 0 Å². The summed E-state index contributed by atoms with van der Waals surface area (Å²) in [5, 5.41) is 7.48. The molecular formula is C18H26ClN3O2. The van der Waals surface area contributed by atoms with E-state index in [4.69, 9.17) is 21.1 Å². The third kappa shape index (κ3) is 4.47. The van der Waals surface area contributed by atoms with Gasteiger partial charge in [-0.2, -0.15) is 0 Å². The van der Waals surface area contributed by atoms with E-state index in [2.05, 4.69) is 15.6 Å². The lowest BCUT2D eigenvalue weighted by atomic mass is 9.96. The zero-order chi connectivity index (χ0) is 16.8. The van der Waals surface area contributed by atoms with E-state index in [1.165, 1.54) is 32.1 Å². The molecule has 1 aliphatic carbocycles. The molecule has 5 nitrogen and oxygen atoms in total. The number of benzene rings is 1. The van der Waals surface area contributed by atoms with Gasteiger partial charge in [-0.25, -0.2) is 0 Å². The smallest absolute Gasteiger partial charge is 0.191 e. The third-order valence-electron chi connectivity index (χ3n) is 4.49. The van der Waals surface area contributed by atoms with Crippen molar-refractivity contribution in [1.29, 1.82) is 0 Å². The number of guanidine groups is 1. The summed E-state index contributed by atoms with van der Waals surface area (Å²) in [4.78, 5) is 4.33. The molecule has 0 unspecified atom stereocenters. The molecule has 1 aromatic carbocycles. The zero-order valence-corrected chi connectivity index (χ0v) is 15.0. The van der Waals surface area contributed by atoms with Crippen molar-refractivity contribution >= 4 is 17.6 Å². The van der Waals surface area contributed by atoms with Gasteiger partial charge in [-0.05, 0) is 30.5 Å². The monoisotopic (exact) mass is 351 g/mol. The lowest BCUT2D eigenvalue weighted by Crippen LogP contribution is -2.43. The first-order valence-corrected chi connectivity index (χ1v) is 9.19. The van der Waals surface area contributed by atoms with Crippen LogP contribution in [0.2, 0.25) is 5.02 Å². The number of nitrogens with one attached hydrogen (secondary N) is 2. The van der Waals surface area contributed by atoms with Crippen molar-refractivity contribution in [2.75, 3.05) is 20.3 Å². The summed E-state index contributed by atoms with van der Waals surface area (Å²) in [5.41, 5.74) is 1.05. The fourth-order valence-corrected chi connectivity index (χ4v) is 3.49. The van der Waals surface area contributed by atoms with E-state index in [1.807, 2.05) is 12.1 Å². The Kier molecular flexibility index (Phi) is 6.07. The van der Waals surface area contributed by atoms with Crippen LogP contribution in [0.5, 0.6) is 11.5 Å². The summed E-state index contributed by atoms with van der Waals surface area (Å²) in [6.45, 7) is 1.94. The van der Waals surface area contributed by atoms with Crippen LogP contribution in [0.4, 0.5) is 0 Å². The average molecular weight is 352 g/mol. The molecule has 0 bridgehead atoms. The molecule has 1 saturated carbocycles. The van der Waals surface area contributed by atoms with Crippen LogP contribution in [-0.2, 0) is 6.54 Å². The highest BCUT2D eigenvalue weighted by Gasteiger charge is 2.17. The van der Waals surface area contributed by atoms with Crippen molar-refractivity contribution in [1.82, 2.24) is 10.6 Å². The minimum atomic E-state index is 0.525. The molecule has 1 heterocycles. The second kappa shape index (κ2) is 8.47. The predicted octanol–water partition coefficient (Wildman–Crippen LogP) is 3.50. The average Bonchev–Trinajstić information content (AvgIpc) is 2.85. The number of halogens is 1. The van der Waals surface area contributed by atoms with Gasteiger partial charge in [0.25, 0.3) is 0 Å². The second-order valence-corrected chi connectivity index (χ2v) is 6.77. The van der Waals surface area contributed by atoms with Gasteiger partial charge in [0.05, 0.1) is 18.2 Å². The van der Waals surface area contributed by atoms with E-state index in [0.29, 0.717) is 36.6 Å². The standard InChI is InChI=1S/C18H26ClN3O2/c1-20-18(22-14-6-3-2-4-7-14)21-12-13-10-15(19)17-16(11-13)23-8-5-9-24-17/h10-11,14H,2-9,12H2,1H3,(H2,20,21,22). The number of rotatable bonds is 3. The quantitative estimate of drug-likeness (QED) is 0.646. The predicted molar refractivity (Wildman–Crippen MR) is 97.3 cm³/mol. The van der Waals surface area contributed by atoms with Crippen molar-refractivity contribution in [3.8, 4) is 11.5 Å². The van der Waals surface area contributed by atoms with E-state index in [1.54, 1.807) is 7.05 Å². The molecule has 0 spiro atoms. The van der Waals surface area contributed by atoms with Gasteiger partial charge in [-0.3, -0.25) is 4.99 Å². The van der Waals surface area contributed by atoms with Crippen LogP contribution >= 0.6 is 11.6 Å². The summed E-state index contributed by atoms with van der Waals surface area (Å²) < 4.78 is 11.4. The number of ether oxygens (including phenoxy) is 2. The van der Waals surface area contributed by atoms with Crippen LogP contribution < -0.4 is 20.1 Å². The SMILES string of the molecule is CN=C(NCc1cc(Cl)c2c(c1)OCCCO2)NC1CCCCC1. The molecule has 0 aromatic heterocycles. The molecule has 0 radical (unpaired) electrons. The normalized spacial score (nSPS) is 18.8. The van der Waals surface area contributed by atoms with Gasteiger partial charge < -0.3 is 20.1 Å². The van der Waals surface area contributed by atoms with Gasteiger partial charge in [0.2, 0.25) is 0 Å². The van der Waals surface area contributed by atoms with Crippen molar-refractivity contribution in [3.63, 3.8) is 0 Å². The van der Waals surface area contributed by atoms with Gasteiger partial charge in [-0.1, -0.05) is 30.9 Å². The lowest BCUT2D eigenvalue weighted by Gasteiger charge is -2.25. The largest absolute Gasteiger partial charge is 0.489 e. The van der Waals surface area contributed by atoms with Gasteiger partial charge >= 0.3 is 0 Å². The summed E-state index contributed by atoms with van der Waals surface area (Å²) in [6.07, 6.45) is 7.25. The highest BCUT2D eigenvalue weighted by Crippen LogP contribution is 2.37. The van der Waals surface area contributed by atoms with Crippen LogP contribution in [0.25, 0.3) is 0 Å². The topological polar surface area (TPSA) is 54.9 Å². The second-order valence-electron chi connectivity index (χ2n) is 6.36. The third-order valence-corrected chi connectivity index (χ3v) is 4.77. The molecule has 2 N–H and O–H groups in total. The van der Waals surface area contributed by atoms with Crippen LogP contribution in [0, 0.1) is 0 Å². The van der Waals surface area contributed by atoms with Crippen LogP contribution in [-0.4, -0.2) is 32.3 Å². The zero-order valence-electron chi connectivity index (χ0n) is 14.2. The van der Waals surface area contributed by atoms with E-state index in [0.717, 1.165) is 23.7 Å². The van der Waals surface area contributed by atoms with Crippen LogP contribution in [0.15, 0.2) is 17.1 Å². The Labute approximate surface area is 148 Å². The molecule has 6 heteroatoms. The first-order valence-electron chi connectivity index (χ1n) is 8.81. The van der Waals surface area contributed by atoms with Gasteiger partial charge in [0.1, 0.15) is 0 Å². The Balaban J connectivity index is 1.60. The summed E-state index contributed by atoms with van der Waals surface area (Å²) in [5.74, 6) is 2.22. The minimum Gasteiger partial charge on any atom is -0.489 e. The number of hydrogen-bond donors (Lipinski definition) is 2. The van der Waals surface area contributed by atoms with Gasteiger partial charge in [0.15, 0.2) is 17.5 Å². The summed E-state index contributed by atoms with van der Waals surface area (Å²) in [7, 11) is 1.80. The molecule has 3 rings (SSSR count). The first kappa shape index (κ1) is 17.2. The summed E-state index contributed by atoms with van der Waals surface area (Å²) in [6, 6.07) is 4.45. The molecule has 1 aliphatic heterocycles. The van der Waals surface area contributed by atoms with E-state index >= 15 is 0 Å². The number of nitrogens with zero attached hydrogens (tertiary/aromatic N) is 1. The Morgan fingerprint density at radius 1 is 1.17 bits per heavy atom. The Morgan fingerprint density at radius 3 is 2.75 bits per heavy atom. The molecular weight excluding hydrogens is 326 g/mol. The van der Waals surface area contributed by atoms with Crippen LogP contribution in [0.3, 0.4) is 0 Å². The lowest BCUT2D eigenvalue weighted by molar-refractivity contribution is 0.297. The molecule has 1 fully saturated rings. The maximum atomic E-state index is 6.35. The first-order chi connectivity index (χ1) is 11.8. The number of fused-ring (bicyclic) bond motifs is 1. The van der Waals surface area contributed by atoms with Crippen molar-refractivity contribution in [2.45, 2.75) is 51.1 Å². The van der Waals surface area contributed by atoms with Crippen molar-refractivity contribution < 1.29 is 9.47 Å². The molecule has 132 valence electrons. The summed E-state index contributed by atoms with van der Waals surface area (Å²) >= 11 is 6.35. The van der Waals surface area contributed by atoms with E-state index in [9.17, 15) is 0 Å². The number of hydrogen-bond acceptors (Lipinski definition) is 3.